The highest BCUT2D eigenvalue weighted by atomic mass is 16.5. The predicted octanol–water partition coefficient (Wildman–Crippen LogP) is 0.202. The minimum atomic E-state index is -0.0214. The topological polar surface area (TPSA) is 97.4 Å². The lowest BCUT2D eigenvalue weighted by Gasteiger charge is -2.21. The summed E-state index contributed by atoms with van der Waals surface area (Å²) in [5.74, 6) is 0.619. The molecule has 7 nitrogen and oxygen atoms in total. The van der Waals surface area contributed by atoms with Crippen LogP contribution in [0.3, 0.4) is 0 Å². The van der Waals surface area contributed by atoms with Gasteiger partial charge in [0.05, 0.1) is 12.7 Å². The first-order valence-electron chi connectivity index (χ1n) is 6.16. The Bertz CT molecular complexity index is 408. The van der Waals surface area contributed by atoms with E-state index in [2.05, 4.69) is 15.0 Å². The fourth-order valence-corrected chi connectivity index (χ4v) is 1.69. The molecular formula is C11H19N5O2. The van der Waals surface area contributed by atoms with Gasteiger partial charge < -0.3 is 20.5 Å². The first kappa shape index (κ1) is 12.8. The van der Waals surface area contributed by atoms with Gasteiger partial charge in [0.2, 0.25) is 11.9 Å². The van der Waals surface area contributed by atoms with E-state index < -0.39 is 0 Å². The zero-order chi connectivity index (χ0) is 13.1. The van der Waals surface area contributed by atoms with E-state index >= 15 is 0 Å². The maximum absolute atomic E-state index is 9.08. The largest absolute Gasteiger partial charge is 0.461 e. The molecule has 1 saturated carbocycles. The third-order valence-electron chi connectivity index (χ3n) is 2.55. The normalized spacial score (nSPS) is 14.9. The number of anilines is 2. The molecule has 1 aliphatic carbocycles. The van der Waals surface area contributed by atoms with E-state index in [1.807, 2.05) is 18.7 Å². The molecule has 0 aromatic carbocycles. The number of aromatic nitrogens is 3. The molecule has 1 fully saturated rings. The molecule has 1 aromatic rings. The molecule has 0 bridgehead atoms. The van der Waals surface area contributed by atoms with Crippen LogP contribution in [-0.2, 0) is 0 Å². The van der Waals surface area contributed by atoms with Crippen LogP contribution in [0.5, 0.6) is 6.01 Å². The van der Waals surface area contributed by atoms with Crippen molar-refractivity contribution in [2.75, 3.05) is 23.8 Å². The van der Waals surface area contributed by atoms with Gasteiger partial charge in [0.25, 0.3) is 0 Å². The van der Waals surface area contributed by atoms with Crippen LogP contribution in [0.2, 0.25) is 0 Å². The molecule has 1 aliphatic rings. The summed E-state index contributed by atoms with van der Waals surface area (Å²) < 4.78 is 5.43. The summed E-state index contributed by atoms with van der Waals surface area (Å²) in [7, 11) is 0. The second-order valence-corrected chi connectivity index (χ2v) is 4.59. The quantitative estimate of drug-likeness (QED) is 0.747. The first-order chi connectivity index (χ1) is 8.60. The summed E-state index contributed by atoms with van der Waals surface area (Å²) in [6.07, 6.45) is 2.16. The predicted molar refractivity (Wildman–Crippen MR) is 67.5 cm³/mol. The fourth-order valence-electron chi connectivity index (χ4n) is 1.69. The second kappa shape index (κ2) is 5.34. The lowest BCUT2D eigenvalue weighted by atomic mass is 10.5. The first-order valence-corrected chi connectivity index (χ1v) is 6.16. The standard InChI is InChI=1S/C11H19N5O2/c1-7(2)18-11-14-9(12)13-10(15-11)16(5-6-17)8-3-4-8/h7-8,17H,3-6H2,1-2H3,(H2,12,13,14,15). The van der Waals surface area contributed by atoms with E-state index in [9.17, 15) is 0 Å². The number of ether oxygens (including phenoxy) is 1. The van der Waals surface area contributed by atoms with Crippen LogP contribution < -0.4 is 15.4 Å². The summed E-state index contributed by atoms with van der Waals surface area (Å²) in [5, 5.41) is 9.08. The highest BCUT2D eigenvalue weighted by Crippen LogP contribution is 2.30. The van der Waals surface area contributed by atoms with Crippen molar-refractivity contribution in [1.29, 1.82) is 0 Å². The zero-order valence-corrected chi connectivity index (χ0v) is 10.7. The van der Waals surface area contributed by atoms with Crippen molar-refractivity contribution < 1.29 is 9.84 Å². The molecule has 0 amide bonds. The monoisotopic (exact) mass is 253 g/mol. The van der Waals surface area contributed by atoms with E-state index in [0.29, 0.717) is 18.5 Å². The molecule has 0 unspecified atom stereocenters. The number of aliphatic hydroxyl groups is 1. The van der Waals surface area contributed by atoms with Crippen molar-refractivity contribution >= 4 is 11.9 Å². The van der Waals surface area contributed by atoms with E-state index in [4.69, 9.17) is 15.6 Å². The lowest BCUT2D eigenvalue weighted by Crippen LogP contribution is -2.31. The highest BCUT2D eigenvalue weighted by molar-refractivity contribution is 5.38. The van der Waals surface area contributed by atoms with Crippen LogP contribution in [-0.4, -0.2) is 45.4 Å². The number of nitrogens with two attached hydrogens (primary N) is 1. The van der Waals surface area contributed by atoms with Crippen LogP contribution in [0.1, 0.15) is 26.7 Å². The van der Waals surface area contributed by atoms with Gasteiger partial charge in [0, 0.05) is 12.6 Å². The SMILES string of the molecule is CC(C)Oc1nc(N)nc(N(CCO)C2CC2)n1. The number of nitrogens with zero attached hydrogens (tertiary/aromatic N) is 4. The van der Waals surface area contributed by atoms with Crippen molar-refractivity contribution in [2.24, 2.45) is 0 Å². The fraction of sp³-hybridized carbons (Fsp3) is 0.727. The maximum atomic E-state index is 9.08. The van der Waals surface area contributed by atoms with Crippen LogP contribution in [0.4, 0.5) is 11.9 Å². The lowest BCUT2D eigenvalue weighted by molar-refractivity contribution is 0.222. The molecule has 1 heterocycles. The Morgan fingerprint density at radius 1 is 1.39 bits per heavy atom. The molecule has 0 spiro atoms. The summed E-state index contributed by atoms with van der Waals surface area (Å²) in [5.41, 5.74) is 5.66. The molecule has 2 rings (SSSR count). The third kappa shape index (κ3) is 3.19. The Morgan fingerprint density at radius 3 is 2.67 bits per heavy atom. The molecule has 0 atom stereocenters. The average molecular weight is 253 g/mol. The van der Waals surface area contributed by atoms with E-state index in [-0.39, 0.29) is 24.7 Å². The Balaban J connectivity index is 2.22. The number of nitrogen functional groups attached to an aromatic ring is 1. The smallest absolute Gasteiger partial charge is 0.323 e. The number of hydrogen-bond donors (Lipinski definition) is 2. The van der Waals surface area contributed by atoms with Gasteiger partial charge in [-0.3, -0.25) is 0 Å². The van der Waals surface area contributed by atoms with Crippen molar-refractivity contribution in [3.63, 3.8) is 0 Å². The molecule has 0 aliphatic heterocycles. The van der Waals surface area contributed by atoms with Gasteiger partial charge in [-0.05, 0) is 26.7 Å². The van der Waals surface area contributed by atoms with Gasteiger partial charge >= 0.3 is 6.01 Å². The van der Waals surface area contributed by atoms with Gasteiger partial charge in [0.15, 0.2) is 0 Å². The van der Waals surface area contributed by atoms with E-state index in [1.165, 1.54) is 0 Å². The molecule has 100 valence electrons. The summed E-state index contributed by atoms with van der Waals surface area (Å²) in [6.45, 7) is 4.34. The minimum Gasteiger partial charge on any atom is -0.461 e. The minimum absolute atomic E-state index is 0.0214. The number of aliphatic hydroxyl groups excluding tert-OH is 1. The van der Waals surface area contributed by atoms with Crippen molar-refractivity contribution in [1.82, 2.24) is 15.0 Å². The van der Waals surface area contributed by atoms with Gasteiger partial charge in [-0.15, -0.1) is 0 Å². The van der Waals surface area contributed by atoms with Gasteiger partial charge in [-0.1, -0.05) is 0 Å². The summed E-state index contributed by atoms with van der Waals surface area (Å²) in [4.78, 5) is 14.2. The molecule has 7 heteroatoms. The average Bonchev–Trinajstić information content (AvgIpc) is 3.07. The number of hydrogen-bond acceptors (Lipinski definition) is 7. The van der Waals surface area contributed by atoms with Crippen LogP contribution in [0, 0.1) is 0 Å². The zero-order valence-electron chi connectivity index (χ0n) is 10.7. The number of rotatable bonds is 6. The van der Waals surface area contributed by atoms with Gasteiger partial charge in [0.1, 0.15) is 0 Å². The Morgan fingerprint density at radius 2 is 2.11 bits per heavy atom. The van der Waals surface area contributed by atoms with Crippen molar-refractivity contribution in [3.8, 4) is 6.01 Å². The van der Waals surface area contributed by atoms with Gasteiger partial charge in [-0.25, -0.2) is 0 Å². The molecule has 1 aromatic heterocycles. The third-order valence-corrected chi connectivity index (χ3v) is 2.55. The molecule has 3 N–H and O–H groups in total. The molecule has 0 saturated heterocycles. The maximum Gasteiger partial charge on any atom is 0.323 e. The Hall–Kier alpha value is -1.63. The highest BCUT2D eigenvalue weighted by Gasteiger charge is 2.31. The Kier molecular flexibility index (Phi) is 3.81. The molecule has 18 heavy (non-hydrogen) atoms. The summed E-state index contributed by atoms with van der Waals surface area (Å²) >= 11 is 0. The second-order valence-electron chi connectivity index (χ2n) is 4.59. The van der Waals surface area contributed by atoms with E-state index in [0.717, 1.165) is 12.8 Å². The van der Waals surface area contributed by atoms with Gasteiger partial charge in [-0.2, -0.15) is 15.0 Å². The Labute approximate surface area is 106 Å². The summed E-state index contributed by atoms with van der Waals surface area (Å²) in [6, 6.07) is 0.627. The van der Waals surface area contributed by atoms with Crippen molar-refractivity contribution in [3.05, 3.63) is 0 Å². The van der Waals surface area contributed by atoms with Crippen LogP contribution in [0.25, 0.3) is 0 Å². The van der Waals surface area contributed by atoms with Crippen LogP contribution in [0.15, 0.2) is 0 Å². The van der Waals surface area contributed by atoms with E-state index in [1.54, 1.807) is 0 Å². The van der Waals surface area contributed by atoms with Crippen molar-refractivity contribution in [2.45, 2.75) is 38.8 Å². The molecular weight excluding hydrogens is 234 g/mol. The van der Waals surface area contributed by atoms with Crippen LogP contribution >= 0.6 is 0 Å². The molecule has 0 radical (unpaired) electrons.